The van der Waals surface area contributed by atoms with E-state index in [1.807, 2.05) is 0 Å². The fourth-order valence-corrected chi connectivity index (χ4v) is 2.04. The zero-order chi connectivity index (χ0) is 13.1. The van der Waals surface area contributed by atoms with Crippen molar-refractivity contribution in [1.29, 1.82) is 0 Å². The Morgan fingerprint density at radius 2 is 2.15 bits per heavy atom. The van der Waals surface area contributed by atoms with E-state index < -0.39 is 0 Å². The number of aromatic nitrogens is 2. The number of nitrogens with zero attached hydrogens (tertiary/aromatic N) is 2. The number of benzene rings is 1. The Morgan fingerprint density at radius 1 is 1.35 bits per heavy atom. The summed E-state index contributed by atoms with van der Waals surface area (Å²) in [6, 6.07) is 5.82. The fourth-order valence-electron chi connectivity index (χ4n) is 2.04. The van der Waals surface area contributed by atoms with Gasteiger partial charge in [-0.15, -0.1) is 12.4 Å². The van der Waals surface area contributed by atoms with Crippen LogP contribution in [0.5, 0.6) is 5.75 Å². The summed E-state index contributed by atoms with van der Waals surface area (Å²) >= 11 is 0. The Kier molecular flexibility index (Phi) is 4.92. The van der Waals surface area contributed by atoms with Gasteiger partial charge < -0.3 is 14.6 Å². The summed E-state index contributed by atoms with van der Waals surface area (Å²) in [6.45, 7) is 2.07. The van der Waals surface area contributed by atoms with Crippen molar-refractivity contribution < 1.29 is 13.7 Å². The van der Waals surface area contributed by atoms with Gasteiger partial charge in [-0.3, -0.25) is 0 Å². The maximum absolute atomic E-state index is 12.7. The van der Waals surface area contributed by atoms with E-state index in [2.05, 4.69) is 15.5 Å². The summed E-state index contributed by atoms with van der Waals surface area (Å²) < 4.78 is 23.3. The van der Waals surface area contributed by atoms with Crippen molar-refractivity contribution in [3.8, 4) is 5.75 Å². The van der Waals surface area contributed by atoms with Crippen LogP contribution in [-0.2, 0) is 6.61 Å². The highest BCUT2D eigenvalue weighted by molar-refractivity contribution is 5.85. The molecule has 1 aromatic carbocycles. The molecule has 1 aromatic heterocycles. The Labute approximate surface area is 121 Å². The molecule has 1 aliphatic rings. The molecule has 1 N–H and O–H groups in total. The number of hydrogen-bond acceptors (Lipinski definition) is 5. The first-order valence-electron chi connectivity index (χ1n) is 6.23. The van der Waals surface area contributed by atoms with Gasteiger partial charge in [0.2, 0.25) is 0 Å². The third-order valence-electron chi connectivity index (χ3n) is 3.09. The molecule has 1 atom stereocenters. The van der Waals surface area contributed by atoms with Gasteiger partial charge >= 0.3 is 0 Å². The lowest BCUT2D eigenvalue weighted by Gasteiger charge is -2.02. The molecule has 2 aromatic rings. The number of nitrogens with one attached hydrogen (secondary N) is 1. The van der Waals surface area contributed by atoms with Crippen molar-refractivity contribution in [2.75, 3.05) is 13.1 Å². The van der Waals surface area contributed by atoms with E-state index in [0.717, 1.165) is 25.3 Å². The maximum atomic E-state index is 12.7. The highest BCUT2D eigenvalue weighted by Crippen LogP contribution is 2.19. The smallest absolute Gasteiger partial charge is 0.264 e. The molecule has 1 aliphatic heterocycles. The largest absolute Gasteiger partial charge is 0.484 e. The predicted octanol–water partition coefficient (Wildman–Crippen LogP) is 2.29. The Hall–Kier alpha value is -1.66. The van der Waals surface area contributed by atoms with E-state index in [1.165, 1.54) is 12.1 Å². The molecule has 1 saturated heterocycles. The van der Waals surface area contributed by atoms with Crippen LogP contribution in [0.25, 0.3) is 0 Å². The first-order valence-corrected chi connectivity index (χ1v) is 6.23. The Bertz CT molecular complexity index is 541. The van der Waals surface area contributed by atoms with Gasteiger partial charge in [0.25, 0.3) is 5.89 Å². The van der Waals surface area contributed by atoms with Crippen molar-refractivity contribution in [3.05, 3.63) is 41.8 Å². The summed E-state index contributed by atoms with van der Waals surface area (Å²) in [5.41, 5.74) is 0. The summed E-state index contributed by atoms with van der Waals surface area (Å²) in [6.07, 6.45) is 1.03. The van der Waals surface area contributed by atoms with Crippen molar-refractivity contribution in [2.45, 2.75) is 18.9 Å². The molecular formula is C13H15ClFN3O2. The molecule has 0 aliphatic carbocycles. The van der Waals surface area contributed by atoms with Crippen molar-refractivity contribution >= 4 is 12.4 Å². The monoisotopic (exact) mass is 299 g/mol. The predicted molar refractivity (Wildman–Crippen MR) is 72.5 cm³/mol. The molecule has 0 saturated carbocycles. The van der Waals surface area contributed by atoms with Crippen LogP contribution >= 0.6 is 12.4 Å². The van der Waals surface area contributed by atoms with Crippen LogP contribution in [0.2, 0.25) is 0 Å². The molecule has 5 nitrogen and oxygen atoms in total. The van der Waals surface area contributed by atoms with E-state index in [9.17, 15) is 4.39 Å². The van der Waals surface area contributed by atoms with Crippen LogP contribution in [0.4, 0.5) is 4.39 Å². The normalized spacial score (nSPS) is 17.8. The molecule has 2 heterocycles. The molecular weight excluding hydrogens is 285 g/mol. The zero-order valence-electron chi connectivity index (χ0n) is 10.7. The topological polar surface area (TPSA) is 60.2 Å². The average Bonchev–Trinajstić information content (AvgIpc) is 3.09. The van der Waals surface area contributed by atoms with Crippen LogP contribution in [-0.4, -0.2) is 23.2 Å². The van der Waals surface area contributed by atoms with Crippen molar-refractivity contribution in [2.24, 2.45) is 0 Å². The van der Waals surface area contributed by atoms with E-state index in [0.29, 0.717) is 17.6 Å². The van der Waals surface area contributed by atoms with Crippen LogP contribution in [0, 0.1) is 5.82 Å². The summed E-state index contributed by atoms with van der Waals surface area (Å²) in [4.78, 5) is 4.31. The first-order chi connectivity index (χ1) is 9.31. The molecule has 0 bridgehead atoms. The van der Waals surface area contributed by atoms with Crippen molar-refractivity contribution in [1.82, 2.24) is 15.5 Å². The number of rotatable bonds is 4. The van der Waals surface area contributed by atoms with Gasteiger partial charge in [-0.05, 0) is 37.2 Å². The third-order valence-corrected chi connectivity index (χ3v) is 3.09. The molecule has 3 rings (SSSR count). The van der Waals surface area contributed by atoms with Gasteiger partial charge in [0.05, 0.1) is 0 Å². The van der Waals surface area contributed by atoms with E-state index in [4.69, 9.17) is 9.26 Å². The lowest BCUT2D eigenvalue weighted by molar-refractivity contribution is 0.242. The van der Waals surface area contributed by atoms with Gasteiger partial charge in [-0.25, -0.2) is 4.39 Å². The average molecular weight is 300 g/mol. The lowest BCUT2D eigenvalue weighted by atomic mass is 10.1. The maximum Gasteiger partial charge on any atom is 0.264 e. The van der Waals surface area contributed by atoms with Crippen LogP contribution in [0.1, 0.15) is 24.1 Å². The van der Waals surface area contributed by atoms with Gasteiger partial charge in [0.1, 0.15) is 11.6 Å². The second kappa shape index (κ2) is 6.67. The molecule has 0 amide bonds. The lowest BCUT2D eigenvalue weighted by Crippen LogP contribution is -2.08. The molecule has 0 radical (unpaired) electrons. The Balaban J connectivity index is 0.00000147. The summed E-state index contributed by atoms with van der Waals surface area (Å²) in [5, 5.41) is 7.21. The van der Waals surface area contributed by atoms with Gasteiger partial charge in [0, 0.05) is 12.5 Å². The molecule has 1 unspecified atom stereocenters. The standard InChI is InChI=1S/C13H14FN3O2.ClH/c14-10-1-3-11(4-2-10)18-8-12-16-13(17-19-12)9-5-6-15-7-9;/h1-4,9,15H,5-8H2;1H. The van der Waals surface area contributed by atoms with Gasteiger partial charge in [0.15, 0.2) is 12.4 Å². The minimum Gasteiger partial charge on any atom is -0.484 e. The molecule has 7 heteroatoms. The van der Waals surface area contributed by atoms with E-state index in [-0.39, 0.29) is 24.8 Å². The molecule has 20 heavy (non-hydrogen) atoms. The van der Waals surface area contributed by atoms with Gasteiger partial charge in [-0.2, -0.15) is 4.98 Å². The summed E-state index contributed by atoms with van der Waals surface area (Å²) in [7, 11) is 0. The quantitative estimate of drug-likeness (QED) is 0.938. The highest BCUT2D eigenvalue weighted by Gasteiger charge is 2.22. The summed E-state index contributed by atoms with van der Waals surface area (Å²) in [5.74, 6) is 1.77. The minimum atomic E-state index is -0.291. The van der Waals surface area contributed by atoms with E-state index >= 15 is 0 Å². The highest BCUT2D eigenvalue weighted by atomic mass is 35.5. The van der Waals surface area contributed by atoms with Crippen molar-refractivity contribution in [3.63, 3.8) is 0 Å². The van der Waals surface area contributed by atoms with E-state index in [1.54, 1.807) is 12.1 Å². The van der Waals surface area contributed by atoms with Gasteiger partial charge in [-0.1, -0.05) is 5.16 Å². The zero-order valence-corrected chi connectivity index (χ0v) is 11.5. The minimum absolute atomic E-state index is 0. The van der Waals surface area contributed by atoms with Crippen LogP contribution in [0.15, 0.2) is 28.8 Å². The SMILES string of the molecule is Cl.Fc1ccc(OCc2nc(C3CCNC3)no2)cc1. The van der Waals surface area contributed by atoms with Crippen LogP contribution in [0.3, 0.4) is 0 Å². The van der Waals surface area contributed by atoms with Crippen LogP contribution < -0.4 is 10.1 Å². The number of hydrogen-bond donors (Lipinski definition) is 1. The molecule has 0 spiro atoms. The third kappa shape index (κ3) is 3.46. The number of halogens is 2. The fraction of sp³-hybridized carbons (Fsp3) is 0.385. The second-order valence-electron chi connectivity index (χ2n) is 4.48. The first kappa shape index (κ1) is 14.7. The molecule has 1 fully saturated rings. The molecule has 108 valence electrons. The Morgan fingerprint density at radius 3 is 2.85 bits per heavy atom. The second-order valence-corrected chi connectivity index (χ2v) is 4.48. The number of ether oxygens (including phenoxy) is 1.